The van der Waals surface area contributed by atoms with Gasteiger partial charge >= 0.3 is 0 Å². The van der Waals surface area contributed by atoms with Crippen LogP contribution >= 0.6 is 46.6 Å². The summed E-state index contributed by atoms with van der Waals surface area (Å²) in [5.74, 6) is 0. The molecule has 2 aromatic rings. The first kappa shape index (κ1) is 16.2. The van der Waals surface area contributed by atoms with Crippen molar-refractivity contribution in [2.45, 2.75) is 9.79 Å². The zero-order valence-electron chi connectivity index (χ0n) is 10.7. The molecular formula is C13H9Cl3N2O2S. The summed E-state index contributed by atoms with van der Waals surface area (Å²) in [5.41, 5.74) is 0.311. The number of nitrogens with zero attached hydrogens (tertiary/aromatic N) is 1. The van der Waals surface area contributed by atoms with Gasteiger partial charge in [-0.05, 0) is 24.3 Å². The first-order chi connectivity index (χ1) is 9.92. The Balaban J connectivity index is 2.42. The van der Waals surface area contributed by atoms with Crippen molar-refractivity contribution in [2.24, 2.45) is 0 Å². The molecule has 0 aliphatic heterocycles. The minimum Gasteiger partial charge on any atom is -0.383 e. The number of anilines is 1. The van der Waals surface area contributed by atoms with E-state index in [-0.39, 0.29) is 10.7 Å². The van der Waals surface area contributed by atoms with Crippen LogP contribution < -0.4 is 5.32 Å². The molecule has 4 nitrogen and oxygen atoms in total. The fourth-order valence-electron chi connectivity index (χ4n) is 1.65. The van der Waals surface area contributed by atoms with E-state index in [1.54, 1.807) is 31.3 Å². The molecule has 0 spiro atoms. The van der Waals surface area contributed by atoms with E-state index in [4.69, 9.17) is 34.8 Å². The lowest BCUT2D eigenvalue weighted by molar-refractivity contribution is -0.384. The maximum Gasteiger partial charge on any atom is 0.293 e. The maximum atomic E-state index is 11.0. The quantitative estimate of drug-likeness (QED) is 0.555. The number of rotatable bonds is 4. The van der Waals surface area contributed by atoms with Crippen LogP contribution in [0.2, 0.25) is 15.1 Å². The van der Waals surface area contributed by atoms with E-state index >= 15 is 0 Å². The van der Waals surface area contributed by atoms with E-state index < -0.39 is 4.92 Å². The molecule has 0 amide bonds. The van der Waals surface area contributed by atoms with E-state index in [1.807, 2.05) is 0 Å². The third-order valence-electron chi connectivity index (χ3n) is 2.63. The second-order valence-corrected chi connectivity index (χ2v) is 6.32. The molecule has 0 saturated carbocycles. The van der Waals surface area contributed by atoms with Crippen molar-refractivity contribution in [3.63, 3.8) is 0 Å². The van der Waals surface area contributed by atoms with Crippen LogP contribution in [0.3, 0.4) is 0 Å². The molecule has 0 heterocycles. The van der Waals surface area contributed by atoms with Gasteiger partial charge in [0.2, 0.25) is 0 Å². The monoisotopic (exact) mass is 362 g/mol. The Morgan fingerprint density at radius 1 is 1.10 bits per heavy atom. The zero-order chi connectivity index (χ0) is 15.6. The number of benzene rings is 2. The molecule has 0 bridgehead atoms. The number of hydrogen-bond acceptors (Lipinski definition) is 4. The first-order valence-electron chi connectivity index (χ1n) is 5.71. The Bertz CT molecular complexity index is 710. The van der Waals surface area contributed by atoms with E-state index in [9.17, 15) is 10.1 Å². The van der Waals surface area contributed by atoms with Gasteiger partial charge in [0.15, 0.2) is 0 Å². The van der Waals surface area contributed by atoms with Crippen molar-refractivity contribution in [3.05, 3.63) is 55.5 Å². The second kappa shape index (κ2) is 6.75. The van der Waals surface area contributed by atoms with Crippen LogP contribution in [0.4, 0.5) is 11.4 Å². The summed E-state index contributed by atoms with van der Waals surface area (Å²) < 4.78 is 0. The highest BCUT2D eigenvalue weighted by atomic mass is 35.5. The molecule has 0 unspecified atom stereocenters. The third kappa shape index (κ3) is 3.74. The van der Waals surface area contributed by atoms with Gasteiger partial charge < -0.3 is 5.32 Å². The summed E-state index contributed by atoms with van der Waals surface area (Å²) in [6.45, 7) is 0. The summed E-state index contributed by atoms with van der Waals surface area (Å²) in [5, 5.41) is 15.1. The van der Waals surface area contributed by atoms with Gasteiger partial charge in [0.1, 0.15) is 5.69 Å². The Hall–Kier alpha value is -1.14. The van der Waals surface area contributed by atoms with Crippen LogP contribution in [0.25, 0.3) is 0 Å². The Labute approximate surface area is 140 Å². The van der Waals surface area contributed by atoms with Gasteiger partial charge in [-0.2, -0.15) is 0 Å². The van der Waals surface area contributed by atoms with Crippen molar-refractivity contribution >= 4 is 57.9 Å². The number of hydrogen-bond donors (Lipinski definition) is 1. The molecule has 2 rings (SSSR count). The second-order valence-electron chi connectivity index (χ2n) is 3.98. The smallest absolute Gasteiger partial charge is 0.293 e. The summed E-state index contributed by atoms with van der Waals surface area (Å²) >= 11 is 19.4. The predicted octanol–water partition coefficient (Wildman–Crippen LogP) is 5.75. The van der Waals surface area contributed by atoms with Crippen molar-refractivity contribution in [3.8, 4) is 0 Å². The lowest BCUT2D eigenvalue weighted by Crippen LogP contribution is -1.97. The molecule has 0 aliphatic rings. The lowest BCUT2D eigenvalue weighted by atomic mass is 10.2. The largest absolute Gasteiger partial charge is 0.383 e. The van der Waals surface area contributed by atoms with Gasteiger partial charge in [-0.3, -0.25) is 10.1 Å². The van der Waals surface area contributed by atoms with Crippen LogP contribution in [0.1, 0.15) is 0 Å². The first-order valence-corrected chi connectivity index (χ1v) is 7.66. The normalized spacial score (nSPS) is 10.5. The number of nitro groups is 1. The molecule has 0 saturated heterocycles. The van der Waals surface area contributed by atoms with Gasteiger partial charge in [-0.25, -0.2) is 0 Å². The number of nitrogens with one attached hydrogen (secondary N) is 1. The standard InChI is InChI=1S/C13H9Cl3N2O2S/c1-17-10-6-13(9(16)5-11(10)18(19)20)21-12-3-2-7(14)4-8(12)15/h2-6,17H,1H3. The highest BCUT2D eigenvalue weighted by Gasteiger charge is 2.17. The topological polar surface area (TPSA) is 55.2 Å². The summed E-state index contributed by atoms with van der Waals surface area (Å²) in [6.07, 6.45) is 0. The van der Waals surface area contributed by atoms with Crippen molar-refractivity contribution < 1.29 is 4.92 Å². The van der Waals surface area contributed by atoms with Gasteiger partial charge in [0.25, 0.3) is 5.69 Å². The van der Waals surface area contributed by atoms with Crippen LogP contribution in [0.15, 0.2) is 40.1 Å². The SMILES string of the molecule is CNc1cc(Sc2ccc(Cl)cc2Cl)c(Cl)cc1[N+](=O)[O-]. The van der Waals surface area contributed by atoms with Gasteiger partial charge in [-0.1, -0.05) is 46.6 Å². The van der Waals surface area contributed by atoms with Gasteiger partial charge in [-0.15, -0.1) is 0 Å². The molecular weight excluding hydrogens is 355 g/mol. The number of nitro benzene ring substituents is 1. The van der Waals surface area contributed by atoms with Crippen LogP contribution in [-0.4, -0.2) is 12.0 Å². The van der Waals surface area contributed by atoms with Gasteiger partial charge in [0.05, 0.1) is 15.0 Å². The molecule has 110 valence electrons. The molecule has 0 aliphatic carbocycles. The fourth-order valence-corrected chi connectivity index (χ4v) is 3.31. The van der Waals surface area contributed by atoms with Gasteiger partial charge in [0, 0.05) is 27.9 Å². The average molecular weight is 364 g/mol. The molecule has 8 heteroatoms. The molecule has 1 N–H and O–H groups in total. The Kier molecular flexibility index (Phi) is 5.22. The summed E-state index contributed by atoms with van der Waals surface area (Å²) in [7, 11) is 1.61. The van der Waals surface area contributed by atoms with E-state index in [0.717, 1.165) is 4.90 Å². The Morgan fingerprint density at radius 2 is 1.76 bits per heavy atom. The van der Waals surface area contributed by atoms with E-state index in [0.29, 0.717) is 20.6 Å². The van der Waals surface area contributed by atoms with E-state index in [1.165, 1.54) is 17.8 Å². The molecule has 0 fully saturated rings. The minimum atomic E-state index is -0.485. The van der Waals surface area contributed by atoms with Crippen molar-refractivity contribution in [1.82, 2.24) is 0 Å². The van der Waals surface area contributed by atoms with Crippen LogP contribution in [-0.2, 0) is 0 Å². The highest BCUT2D eigenvalue weighted by Crippen LogP contribution is 2.41. The molecule has 21 heavy (non-hydrogen) atoms. The average Bonchev–Trinajstić information content (AvgIpc) is 2.43. The Morgan fingerprint density at radius 3 is 2.33 bits per heavy atom. The molecule has 0 radical (unpaired) electrons. The molecule has 2 aromatic carbocycles. The van der Waals surface area contributed by atoms with Crippen molar-refractivity contribution in [1.29, 1.82) is 0 Å². The van der Waals surface area contributed by atoms with Crippen molar-refractivity contribution in [2.75, 3.05) is 12.4 Å². The predicted molar refractivity (Wildman–Crippen MR) is 88.2 cm³/mol. The fraction of sp³-hybridized carbons (Fsp3) is 0.0769. The summed E-state index contributed by atoms with van der Waals surface area (Å²) in [4.78, 5) is 11.9. The minimum absolute atomic E-state index is 0.0750. The van der Waals surface area contributed by atoms with Crippen LogP contribution in [0.5, 0.6) is 0 Å². The highest BCUT2D eigenvalue weighted by molar-refractivity contribution is 7.99. The van der Waals surface area contributed by atoms with E-state index in [2.05, 4.69) is 5.32 Å². The van der Waals surface area contributed by atoms with Crippen LogP contribution in [0, 0.1) is 10.1 Å². The lowest BCUT2D eigenvalue weighted by Gasteiger charge is -2.09. The maximum absolute atomic E-state index is 11.0. The molecule has 0 atom stereocenters. The summed E-state index contributed by atoms with van der Waals surface area (Å²) in [6, 6.07) is 8.06. The third-order valence-corrected chi connectivity index (χ3v) is 4.85. The molecule has 0 aromatic heterocycles. The zero-order valence-corrected chi connectivity index (χ0v) is 13.8. The number of halogens is 3.